The van der Waals surface area contributed by atoms with Crippen LogP contribution in [0.25, 0.3) is 0 Å². The summed E-state index contributed by atoms with van der Waals surface area (Å²) in [7, 11) is 0. The number of nitrogens with one attached hydrogen (secondary N) is 1. The minimum absolute atomic E-state index is 0.663. The van der Waals surface area contributed by atoms with Gasteiger partial charge in [-0.05, 0) is 19.1 Å². The van der Waals surface area contributed by atoms with Crippen molar-refractivity contribution in [1.82, 2.24) is 9.88 Å². The van der Waals surface area contributed by atoms with Crippen molar-refractivity contribution in [3.8, 4) is 0 Å². The zero-order valence-electron chi connectivity index (χ0n) is 8.98. The Morgan fingerprint density at radius 1 is 1.27 bits per heavy atom. The third-order valence-corrected chi connectivity index (χ3v) is 2.73. The van der Waals surface area contributed by atoms with Crippen LogP contribution in [0.2, 0.25) is 0 Å². The second-order valence-corrected chi connectivity index (χ2v) is 3.75. The predicted octanol–water partition coefficient (Wildman–Crippen LogP) is 1.20. The van der Waals surface area contributed by atoms with Crippen LogP contribution in [-0.2, 0) is 0 Å². The van der Waals surface area contributed by atoms with Crippen LogP contribution < -0.4 is 4.90 Å². The Bertz CT molecular complexity index is 328. The maximum atomic E-state index is 7.55. The smallest absolute Gasteiger partial charge is 0.128 e. The number of pyridine rings is 1. The van der Waals surface area contributed by atoms with Gasteiger partial charge in [0.2, 0.25) is 0 Å². The number of hydrogen-bond acceptors (Lipinski definition) is 3. The molecular weight excluding hydrogens is 188 g/mol. The molecule has 0 spiro atoms. The molecule has 0 unspecified atom stereocenters. The Labute approximate surface area is 90.0 Å². The van der Waals surface area contributed by atoms with Crippen LogP contribution in [0.4, 0.5) is 5.82 Å². The average Bonchev–Trinajstić information content (AvgIpc) is 2.30. The first-order valence-electron chi connectivity index (χ1n) is 5.23. The molecule has 0 saturated carbocycles. The molecule has 4 heteroatoms. The minimum Gasteiger partial charge on any atom is -0.357 e. The maximum Gasteiger partial charge on any atom is 0.128 e. The van der Waals surface area contributed by atoms with E-state index in [1.165, 1.54) is 0 Å². The third-order valence-electron chi connectivity index (χ3n) is 2.73. The quantitative estimate of drug-likeness (QED) is 0.552. The van der Waals surface area contributed by atoms with E-state index in [0.717, 1.165) is 32.0 Å². The van der Waals surface area contributed by atoms with Gasteiger partial charge in [-0.25, -0.2) is 4.98 Å². The molecule has 15 heavy (non-hydrogen) atoms. The molecule has 0 atom stereocenters. The van der Waals surface area contributed by atoms with Crippen LogP contribution in [0, 0.1) is 5.41 Å². The Balaban J connectivity index is 1.97. The van der Waals surface area contributed by atoms with Gasteiger partial charge in [0.15, 0.2) is 0 Å². The van der Waals surface area contributed by atoms with Crippen molar-refractivity contribution in [2.24, 2.45) is 0 Å². The van der Waals surface area contributed by atoms with Crippen molar-refractivity contribution < 1.29 is 0 Å². The van der Waals surface area contributed by atoms with E-state index in [1.54, 1.807) is 0 Å². The van der Waals surface area contributed by atoms with E-state index in [4.69, 9.17) is 5.41 Å². The molecule has 0 aliphatic carbocycles. The van der Waals surface area contributed by atoms with Crippen LogP contribution in [-0.4, -0.2) is 41.9 Å². The molecule has 80 valence electrons. The zero-order chi connectivity index (χ0) is 10.7. The van der Waals surface area contributed by atoms with E-state index in [2.05, 4.69) is 14.8 Å². The molecule has 4 nitrogen and oxygen atoms in total. The van der Waals surface area contributed by atoms with E-state index < -0.39 is 0 Å². The Hall–Kier alpha value is -1.58. The van der Waals surface area contributed by atoms with E-state index in [0.29, 0.717) is 5.84 Å². The number of nitrogens with zero attached hydrogens (tertiary/aromatic N) is 3. The van der Waals surface area contributed by atoms with Crippen LogP contribution in [0.3, 0.4) is 0 Å². The van der Waals surface area contributed by atoms with Crippen molar-refractivity contribution in [2.75, 3.05) is 31.1 Å². The first-order valence-corrected chi connectivity index (χ1v) is 5.23. The van der Waals surface area contributed by atoms with Gasteiger partial charge in [0.1, 0.15) is 5.82 Å². The second-order valence-electron chi connectivity index (χ2n) is 3.75. The lowest BCUT2D eigenvalue weighted by molar-refractivity contribution is 0.380. The predicted molar refractivity (Wildman–Crippen MR) is 61.4 cm³/mol. The fourth-order valence-electron chi connectivity index (χ4n) is 1.81. The summed E-state index contributed by atoms with van der Waals surface area (Å²) in [6, 6.07) is 5.98. The van der Waals surface area contributed by atoms with Gasteiger partial charge < -0.3 is 9.80 Å². The summed E-state index contributed by atoms with van der Waals surface area (Å²) >= 11 is 0. The summed E-state index contributed by atoms with van der Waals surface area (Å²) in [6.07, 6.45) is 1.82. The number of hydrogen-bond donors (Lipinski definition) is 1. The van der Waals surface area contributed by atoms with Gasteiger partial charge >= 0.3 is 0 Å². The van der Waals surface area contributed by atoms with E-state index >= 15 is 0 Å². The molecule has 1 aliphatic rings. The summed E-state index contributed by atoms with van der Waals surface area (Å²) < 4.78 is 0. The fraction of sp³-hybridized carbons (Fsp3) is 0.455. The summed E-state index contributed by atoms with van der Waals surface area (Å²) in [6.45, 7) is 5.59. The van der Waals surface area contributed by atoms with Gasteiger partial charge in [-0.1, -0.05) is 6.07 Å². The van der Waals surface area contributed by atoms with E-state index in [9.17, 15) is 0 Å². The molecule has 1 aliphatic heterocycles. The molecule has 1 fully saturated rings. The van der Waals surface area contributed by atoms with Crippen LogP contribution in [0.1, 0.15) is 6.92 Å². The number of aromatic nitrogens is 1. The Morgan fingerprint density at radius 3 is 2.53 bits per heavy atom. The SMILES string of the molecule is CC(=N)N1CCN(c2ccccn2)CC1. The van der Waals surface area contributed by atoms with Gasteiger partial charge in [0.25, 0.3) is 0 Å². The van der Waals surface area contributed by atoms with Crippen molar-refractivity contribution in [3.63, 3.8) is 0 Å². The summed E-state index contributed by atoms with van der Waals surface area (Å²) in [5.41, 5.74) is 0. The highest BCUT2D eigenvalue weighted by atomic mass is 15.3. The highest BCUT2D eigenvalue weighted by Crippen LogP contribution is 2.12. The van der Waals surface area contributed by atoms with Gasteiger partial charge in [0.05, 0.1) is 5.84 Å². The molecule has 2 heterocycles. The molecule has 1 aromatic rings. The largest absolute Gasteiger partial charge is 0.357 e. The fourth-order valence-corrected chi connectivity index (χ4v) is 1.81. The minimum atomic E-state index is 0.663. The average molecular weight is 204 g/mol. The molecule has 1 N–H and O–H groups in total. The van der Waals surface area contributed by atoms with Gasteiger partial charge in [-0.3, -0.25) is 5.41 Å². The highest BCUT2D eigenvalue weighted by molar-refractivity contribution is 5.76. The lowest BCUT2D eigenvalue weighted by Crippen LogP contribution is -2.48. The number of piperazine rings is 1. The first-order chi connectivity index (χ1) is 7.27. The molecule has 1 saturated heterocycles. The lowest BCUT2D eigenvalue weighted by atomic mass is 10.3. The first kappa shape index (κ1) is 9.96. The van der Waals surface area contributed by atoms with Crippen molar-refractivity contribution in [1.29, 1.82) is 5.41 Å². The van der Waals surface area contributed by atoms with Crippen LogP contribution >= 0.6 is 0 Å². The topological polar surface area (TPSA) is 43.2 Å². The van der Waals surface area contributed by atoms with Crippen LogP contribution in [0.15, 0.2) is 24.4 Å². The van der Waals surface area contributed by atoms with Gasteiger partial charge in [-0.2, -0.15) is 0 Å². The molecular formula is C11H16N4. The Kier molecular flexibility index (Phi) is 2.85. The van der Waals surface area contributed by atoms with Crippen molar-refractivity contribution >= 4 is 11.7 Å². The van der Waals surface area contributed by atoms with E-state index in [-0.39, 0.29) is 0 Å². The molecule has 0 radical (unpaired) electrons. The number of amidine groups is 1. The second kappa shape index (κ2) is 4.29. The number of rotatable bonds is 1. The Morgan fingerprint density at radius 2 is 2.00 bits per heavy atom. The standard InChI is InChI=1S/C11H16N4/c1-10(12)14-6-8-15(9-7-14)11-4-2-3-5-13-11/h2-5,12H,6-9H2,1H3. The molecule has 0 bridgehead atoms. The summed E-state index contributed by atoms with van der Waals surface area (Å²) in [4.78, 5) is 8.69. The van der Waals surface area contributed by atoms with Crippen molar-refractivity contribution in [2.45, 2.75) is 6.92 Å². The molecule has 0 amide bonds. The van der Waals surface area contributed by atoms with Gasteiger partial charge in [-0.15, -0.1) is 0 Å². The molecule has 0 aromatic carbocycles. The monoisotopic (exact) mass is 204 g/mol. The third kappa shape index (κ3) is 2.26. The van der Waals surface area contributed by atoms with Crippen LogP contribution in [0.5, 0.6) is 0 Å². The van der Waals surface area contributed by atoms with Gasteiger partial charge in [0, 0.05) is 32.4 Å². The molecule has 2 rings (SSSR count). The summed E-state index contributed by atoms with van der Waals surface area (Å²) in [5, 5.41) is 7.55. The number of anilines is 1. The van der Waals surface area contributed by atoms with E-state index in [1.807, 2.05) is 31.3 Å². The zero-order valence-corrected chi connectivity index (χ0v) is 8.98. The molecule has 1 aromatic heterocycles. The lowest BCUT2D eigenvalue weighted by Gasteiger charge is -2.35. The maximum absolute atomic E-state index is 7.55. The normalized spacial score (nSPS) is 16.6. The van der Waals surface area contributed by atoms with Crippen molar-refractivity contribution in [3.05, 3.63) is 24.4 Å². The highest BCUT2D eigenvalue weighted by Gasteiger charge is 2.17. The summed E-state index contributed by atoms with van der Waals surface area (Å²) in [5.74, 6) is 1.70.